The molecule has 0 aromatic carbocycles. The lowest BCUT2D eigenvalue weighted by Gasteiger charge is -1.81. The van der Waals surface area contributed by atoms with Crippen molar-refractivity contribution in [3.05, 3.63) is 22.4 Å². The predicted molar refractivity (Wildman–Crippen MR) is 43.4 cm³/mol. The van der Waals surface area contributed by atoms with Crippen molar-refractivity contribution in [2.24, 2.45) is 0 Å². The van der Waals surface area contributed by atoms with E-state index in [0.717, 1.165) is 25.5 Å². The number of allylic oxidation sites excluding steroid dienone is 1. The minimum absolute atomic E-state index is 0.519. The summed E-state index contributed by atoms with van der Waals surface area (Å²) in [4.78, 5) is 9.22. The SMILES string of the molecule is CCCCC#C/C=C/[N+](=O)[O-]. The van der Waals surface area contributed by atoms with Crippen molar-refractivity contribution in [2.45, 2.75) is 26.2 Å². The Labute approximate surface area is 66.3 Å². The first kappa shape index (κ1) is 9.70. The first-order valence-corrected chi connectivity index (χ1v) is 3.56. The summed E-state index contributed by atoms with van der Waals surface area (Å²) < 4.78 is 0. The van der Waals surface area contributed by atoms with Crippen LogP contribution in [0.4, 0.5) is 0 Å². The Balaban J connectivity index is 3.47. The first-order chi connectivity index (χ1) is 5.27. The van der Waals surface area contributed by atoms with Gasteiger partial charge >= 0.3 is 0 Å². The average Bonchev–Trinajstić information content (AvgIpc) is 1.96. The van der Waals surface area contributed by atoms with E-state index in [1.54, 1.807) is 0 Å². The van der Waals surface area contributed by atoms with E-state index in [1.165, 1.54) is 6.08 Å². The Morgan fingerprint density at radius 3 is 2.91 bits per heavy atom. The van der Waals surface area contributed by atoms with Crippen LogP contribution in [0.3, 0.4) is 0 Å². The molecule has 0 atom stereocenters. The van der Waals surface area contributed by atoms with Crippen molar-refractivity contribution in [3.8, 4) is 11.8 Å². The summed E-state index contributed by atoms with van der Waals surface area (Å²) in [5.41, 5.74) is 0. The number of hydrogen-bond donors (Lipinski definition) is 0. The van der Waals surface area contributed by atoms with Crippen LogP contribution in [0.5, 0.6) is 0 Å². The molecule has 0 bridgehead atoms. The van der Waals surface area contributed by atoms with Gasteiger partial charge in [0, 0.05) is 6.42 Å². The smallest absolute Gasteiger partial charge is 0.242 e. The molecular weight excluding hydrogens is 142 g/mol. The van der Waals surface area contributed by atoms with Crippen molar-refractivity contribution in [1.29, 1.82) is 0 Å². The number of nitro groups is 1. The Bertz CT molecular complexity index is 198. The fourth-order valence-electron chi connectivity index (χ4n) is 0.494. The summed E-state index contributed by atoms with van der Waals surface area (Å²) in [6.45, 7) is 2.08. The molecule has 0 aliphatic rings. The lowest BCUT2D eigenvalue weighted by molar-refractivity contribution is -0.402. The molecule has 0 aliphatic heterocycles. The molecule has 0 rings (SSSR count). The summed E-state index contributed by atoms with van der Waals surface area (Å²) >= 11 is 0. The molecule has 3 nitrogen and oxygen atoms in total. The molecule has 0 unspecified atom stereocenters. The molecule has 0 N–H and O–H groups in total. The Hall–Kier alpha value is -1.30. The maximum Gasteiger partial charge on any atom is 0.242 e. The molecule has 0 aliphatic carbocycles. The van der Waals surface area contributed by atoms with Gasteiger partial charge in [-0.05, 0) is 6.42 Å². The minimum Gasteiger partial charge on any atom is -0.259 e. The van der Waals surface area contributed by atoms with Crippen molar-refractivity contribution < 1.29 is 4.92 Å². The molecule has 0 fully saturated rings. The average molecular weight is 153 g/mol. The molecule has 0 spiro atoms. The molecule has 11 heavy (non-hydrogen) atoms. The van der Waals surface area contributed by atoms with Crippen LogP contribution in [-0.4, -0.2) is 4.92 Å². The van der Waals surface area contributed by atoms with Gasteiger partial charge in [-0.2, -0.15) is 0 Å². The van der Waals surface area contributed by atoms with Gasteiger partial charge in [0.1, 0.15) is 0 Å². The van der Waals surface area contributed by atoms with Gasteiger partial charge in [0.2, 0.25) is 6.20 Å². The van der Waals surface area contributed by atoms with Gasteiger partial charge in [-0.25, -0.2) is 0 Å². The maximum absolute atomic E-state index is 9.74. The lowest BCUT2D eigenvalue weighted by Crippen LogP contribution is -1.80. The highest BCUT2D eigenvalue weighted by molar-refractivity contribution is 5.13. The van der Waals surface area contributed by atoms with Crippen LogP contribution < -0.4 is 0 Å². The number of rotatable bonds is 3. The third-order valence-corrected chi connectivity index (χ3v) is 1.04. The fourth-order valence-corrected chi connectivity index (χ4v) is 0.494. The van der Waals surface area contributed by atoms with Crippen molar-refractivity contribution in [3.63, 3.8) is 0 Å². The zero-order valence-electron chi connectivity index (χ0n) is 6.54. The normalized spacial score (nSPS) is 9.18. The van der Waals surface area contributed by atoms with Crippen LogP contribution in [0, 0.1) is 22.0 Å². The molecule has 0 radical (unpaired) electrons. The van der Waals surface area contributed by atoms with Crippen molar-refractivity contribution in [2.75, 3.05) is 0 Å². The van der Waals surface area contributed by atoms with Gasteiger partial charge in [0.25, 0.3) is 0 Å². The highest BCUT2D eigenvalue weighted by Gasteiger charge is 1.78. The second-order valence-electron chi connectivity index (χ2n) is 2.03. The van der Waals surface area contributed by atoms with Crippen molar-refractivity contribution >= 4 is 0 Å². The molecule has 0 aromatic heterocycles. The summed E-state index contributed by atoms with van der Waals surface area (Å²) in [5.74, 6) is 5.38. The molecule has 0 saturated carbocycles. The van der Waals surface area contributed by atoms with Crippen LogP contribution in [0.15, 0.2) is 12.3 Å². The third-order valence-electron chi connectivity index (χ3n) is 1.04. The topological polar surface area (TPSA) is 43.1 Å². The third kappa shape index (κ3) is 8.70. The number of hydrogen-bond acceptors (Lipinski definition) is 2. The minimum atomic E-state index is -0.519. The second kappa shape index (κ2) is 6.81. The summed E-state index contributed by atoms with van der Waals surface area (Å²) in [7, 11) is 0. The van der Waals surface area contributed by atoms with Crippen LogP contribution in [0.25, 0.3) is 0 Å². The largest absolute Gasteiger partial charge is 0.259 e. The highest BCUT2D eigenvalue weighted by Crippen LogP contribution is 1.90. The quantitative estimate of drug-likeness (QED) is 0.269. The monoisotopic (exact) mass is 153 g/mol. The summed E-state index contributed by atoms with van der Waals surface area (Å²) in [5, 5.41) is 9.74. The molecular formula is C8H11NO2. The summed E-state index contributed by atoms with van der Waals surface area (Å²) in [6, 6.07) is 0. The number of unbranched alkanes of at least 4 members (excludes halogenated alkanes) is 2. The van der Waals surface area contributed by atoms with Crippen LogP contribution >= 0.6 is 0 Å². The van der Waals surface area contributed by atoms with E-state index < -0.39 is 4.92 Å². The Kier molecular flexibility index (Phi) is 6.01. The van der Waals surface area contributed by atoms with E-state index >= 15 is 0 Å². The van der Waals surface area contributed by atoms with E-state index in [0.29, 0.717) is 0 Å². The zero-order chi connectivity index (χ0) is 8.53. The maximum atomic E-state index is 9.74. The van der Waals surface area contributed by atoms with Crippen LogP contribution in [0.2, 0.25) is 0 Å². The Morgan fingerprint density at radius 2 is 2.36 bits per heavy atom. The molecule has 0 amide bonds. The molecule has 60 valence electrons. The number of nitrogens with zero attached hydrogens (tertiary/aromatic N) is 1. The molecule has 0 saturated heterocycles. The van der Waals surface area contributed by atoms with Crippen molar-refractivity contribution in [1.82, 2.24) is 0 Å². The highest BCUT2D eigenvalue weighted by atomic mass is 16.6. The van der Waals surface area contributed by atoms with Crippen LogP contribution in [0.1, 0.15) is 26.2 Å². The van der Waals surface area contributed by atoms with E-state index in [2.05, 4.69) is 18.8 Å². The Morgan fingerprint density at radius 1 is 1.64 bits per heavy atom. The van der Waals surface area contributed by atoms with E-state index in [9.17, 15) is 10.1 Å². The van der Waals surface area contributed by atoms with Gasteiger partial charge in [0.15, 0.2) is 0 Å². The molecule has 0 heterocycles. The fraction of sp³-hybridized carbons (Fsp3) is 0.500. The van der Waals surface area contributed by atoms with Gasteiger partial charge in [-0.1, -0.05) is 25.2 Å². The standard InChI is InChI=1S/C8H11NO2/c1-2-3-4-5-6-7-8-9(10)11/h7-8H,2-4H2,1H3/b8-7+. The van der Waals surface area contributed by atoms with Gasteiger partial charge in [-0.3, -0.25) is 10.1 Å². The first-order valence-electron chi connectivity index (χ1n) is 3.56. The predicted octanol–water partition coefficient (Wildman–Crippen LogP) is 1.97. The molecule has 0 aromatic rings. The van der Waals surface area contributed by atoms with Gasteiger partial charge < -0.3 is 0 Å². The van der Waals surface area contributed by atoms with E-state index in [4.69, 9.17) is 0 Å². The second-order valence-corrected chi connectivity index (χ2v) is 2.03. The summed E-state index contributed by atoms with van der Waals surface area (Å²) in [6.07, 6.45) is 5.08. The van der Waals surface area contributed by atoms with Gasteiger partial charge in [0.05, 0.1) is 11.0 Å². The van der Waals surface area contributed by atoms with E-state index in [-0.39, 0.29) is 0 Å². The molecule has 3 heteroatoms. The van der Waals surface area contributed by atoms with E-state index in [1.807, 2.05) is 0 Å². The van der Waals surface area contributed by atoms with Gasteiger partial charge in [-0.15, -0.1) is 0 Å². The van der Waals surface area contributed by atoms with Crippen LogP contribution in [-0.2, 0) is 0 Å². The lowest BCUT2D eigenvalue weighted by atomic mass is 10.2. The zero-order valence-corrected chi connectivity index (χ0v) is 6.54.